The molecule has 1 aliphatic heterocycles. The molecule has 2 unspecified atom stereocenters. The average Bonchev–Trinajstić information content (AvgIpc) is 2.09. The summed E-state index contributed by atoms with van der Waals surface area (Å²) in [6.07, 6.45) is 1.01. The number of halogens is 2. The van der Waals surface area contributed by atoms with Gasteiger partial charge in [0.05, 0.1) is 0 Å². The molecule has 1 rings (SSSR count). The molecule has 0 aromatic heterocycles. The summed E-state index contributed by atoms with van der Waals surface area (Å²) < 4.78 is 14.3. The van der Waals surface area contributed by atoms with E-state index in [1.807, 2.05) is 0 Å². The molecule has 1 aliphatic rings. The van der Waals surface area contributed by atoms with Crippen molar-refractivity contribution < 1.29 is 50.0 Å². The van der Waals surface area contributed by atoms with Crippen molar-refractivity contribution in [3.63, 3.8) is 0 Å². The van der Waals surface area contributed by atoms with E-state index in [1.54, 1.807) is 0 Å². The molecule has 0 saturated carbocycles. The molecule has 1 fully saturated rings. The van der Waals surface area contributed by atoms with Crippen molar-refractivity contribution in [3.8, 4) is 0 Å². The maximum atomic E-state index is 5.74. The maximum absolute atomic E-state index is 5.74. The zero-order valence-corrected chi connectivity index (χ0v) is 22.3. The van der Waals surface area contributed by atoms with E-state index in [2.05, 4.69) is 35.3 Å². The van der Waals surface area contributed by atoms with E-state index >= 15 is 0 Å². The third-order valence-corrected chi connectivity index (χ3v) is 19.0. The van der Waals surface area contributed by atoms with Crippen LogP contribution in [0.2, 0.25) is 7.86 Å². The molecule has 1 heterocycles. The first-order valence-electron chi connectivity index (χ1n) is 4.23. The van der Waals surface area contributed by atoms with Crippen molar-refractivity contribution in [2.45, 2.75) is 20.1 Å². The van der Waals surface area contributed by atoms with Gasteiger partial charge in [0.2, 0.25) is 0 Å². The van der Waals surface area contributed by atoms with Crippen molar-refractivity contribution in [1.29, 1.82) is 0 Å². The van der Waals surface area contributed by atoms with Crippen LogP contribution in [0.3, 0.4) is 0 Å². The Balaban J connectivity index is 2.31. The molecule has 6 heteroatoms. The molecular weight excluding hydrogens is 759 g/mol. The third-order valence-electron chi connectivity index (χ3n) is 1.95. The molecule has 0 N–H and O–H groups in total. The van der Waals surface area contributed by atoms with Crippen LogP contribution in [-0.4, -0.2) is 25.4 Å². The third kappa shape index (κ3) is 4.85. The normalized spacial score (nSPS) is 29.2. The van der Waals surface area contributed by atoms with Crippen LogP contribution in [0.4, 0.5) is 0 Å². The first-order valence-corrected chi connectivity index (χ1v) is 42.9. The van der Waals surface area contributed by atoms with Crippen LogP contribution < -0.4 is 0 Å². The number of hydrogen-bond acceptors (Lipinski definition) is 2. The summed E-state index contributed by atoms with van der Waals surface area (Å²) in [5.74, 6) is 0. The SMILES string of the molecule is [I][Hg][CH2]C1OCCOC1[CH2][Hg][I]. The number of hydrogen-bond donors (Lipinski definition) is 0. The Hall–Kier alpha value is 3.25. The Bertz CT molecular complexity index is 110. The van der Waals surface area contributed by atoms with E-state index in [-0.39, 0.29) is 0 Å². The minimum absolute atomic E-state index is 0.507. The van der Waals surface area contributed by atoms with E-state index < -0.39 is 40.5 Å². The number of ether oxygens (including phenoxy) is 2. The summed E-state index contributed by atoms with van der Waals surface area (Å²) in [5.41, 5.74) is 0. The first-order chi connectivity index (χ1) is 5.88. The second-order valence-electron chi connectivity index (χ2n) is 2.77. The van der Waals surface area contributed by atoms with Crippen LogP contribution in [-0.2, 0) is 50.0 Å². The van der Waals surface area contributed by atoms with Gasteiger partial charge in [-0.25, -0.2) is 0 Å². The molecule has 0 aliphatic carbocycles. The average molecular weight is 769 g/mol. The number of rotatable bonds is 4. The summed E-state index contributed by atoms with van der Waals surface area (Å²) in [6, 6.07) is 0. The molecule has 0 aromatic carbocycles. The van der Waals surface area contributed by atoms with Gasteiger partial charge in [-0.2, -0.15) is 0 Å². The van der Waals surface area contributed by atoms with E-state index in [1.165, 1.54) is 7.86 Å². The molecule has 2 atom stereocenters. The van der Waals surface area contributed by atoms with Crippen molar-refractivity contribution in [3.05, 3.63) is 0 Å². The second-order valence-corrected chi connectivity index (χ2v) is 29.1. The van der Waals surface area contributed by atoms with E-state index in [0.717, 1.165) is 13.2 Å². The van der Waals surface area contributed by atoms with Gasteiger partial charge >= 0.3 is 119 Å². The van der Waals surface area contributed by atoms with Gasteiger partial charge in [0.25, 0.3) is 0 Å². The van der Waals surface area contributed by atoms with Gasteiger partial charge < -0.3 is 0 Å². The van der Waals surface area contributed by atoms with E-state index in [9.17, 15) is 0 Å². The molecule has 0 radical (unpaired) electrons. The fourth-order valence-electron chi connectivity index (χ4n) is 1.37. The first kappa shape index (κ1) is 13.3. The zero-order valence-electron chi connectivity index (χ0n) is 6.97. The van der Waals surface area contributed by atoms with Gasteiger partial charge in [-0.05, 0) is 0 Å². The monoisotopic (exact) mass is 772 g/mol. The Morgan fingerprint density at radius 2 is 1.42 bits per heavy atom. The second kappa shape index (κ2) is 8.41. The summed E-state index contributed by atoms with van der Waals surface area (Å²) >= 11 is 4.19. The molecule has 0 aromatic rings. The van der Waals surface area contributed by atoms with Crippen molar-refractivity contribution in [1.82, 2.24) is 0 Å². The van der Waals surface area contributed by atoms with Gasteiger partial charge in [0.1, 0.15) is 0 Å². The zero-order chi connectivity index (χ0) is 8.81. The predicted octanol–water partition coefficient (Wildman–Crippen LogP) is 2.47. The molecule has 12 heavy (non-hydrogen) atoms. The van der Waals surface area contributed by atoms with Crippen LogP contribution in [0.1, 0.15) is 0 Å². The van der Waals surface area contributed by atoms with Crippen molar-refractivity contribution in [2.75, 3.05) is 13.2 Å². The van der Waals surface area contributed by atoms with E-state index in [0.29, 0.717) is 12.2 Å². The molecule has 0 bridgehead atoms. The van der Waals surface area contributed by atoms with Crippen LogP contribution in [0.15, 0.2) is 0 Å². The molecule has 1 saturated heterocycles. The Morgan fingerprint density at radius 1 is 1.00 bits per heavy atom. The van der Waals surface area contributed by atoms with Crippen LogP contribution in [0, 0.1) is 0 Å². The predicted molar refractivity (Wildman–Crippen MR) is 57.1 cm³/mol. The standard InChI is InChI=1S/C6H10O2.2Hg.2HI/c1-5-6(2)8-4-3-7-5;;;;/h5-6H,1-4H2;;;2*1H/q;2*+1;;/p-2. The van der Waals surface area contributed by atoms with Crippen LogP contribution in [0.5, 0.6) is 0 Å². The topological polar surface area (TPSA) is 18.5 Å². The van der Waals surface area contributed by atoms with Gasteiger partial charge in [-0.3, -0.25) is 0 Å². The summed E-state index contributed by atoms with van der Waals surface area (Å²) in [6.45, 7) is 1.67. The minimum atomic E-state index is -0.536. The van der Waals surface area contributed by atoms with Gasteiger partial charge in [0, 0.05) is 0 Å². The van der Waals surface area contributed by atoms with Crippen molar-refractivity contribution >= 4 is 35.3 Å². The van der Waals surface area contributed by atoms with E-state index in [4.69, 9.17) is 9.47 Å². The molecule has 0 amide bonds. The Labute approximate surface area is 116 Å². The molecule has 0 spiro atoms. The summed E-state index contributed by atoms with van der Waals surface area (Å²) in [5, 5.41) is 0. The van der Waals surface area contributed by atoms with Gasteiger partial charge in [-0.15, -0.1) is 0 Å². The quantitative estimate of drug-likeness (QED) is 0.324. The van der Waals surface area contributed by atoms with Crippen LogP contribution in [0.25, 0.3) is 0 Å². The molecular formula is C6H10Hg2I2O2. The van der Waals surface area contributed by atoms with Crippen LogP contribution >= 0.6 is 35.3 Å². The van der Waals surface area contributed by atoms with Gasteiger partial charge in [0.15, 0.2) is 0 Å². The molecule has 2 nitrogen and oxygen atoms in total. The summed E-state index contributed by atoms with van der Waals surface area (Å²) in [7, 11) is 0. The fraction of sp³-hybridized carbons (Fsp3) is 1.00. The fourth-order valence-corrected chi connectivity index (χ4v) is 18.0. The Kier molecular flexibility index (Phi) is 9.33. The molecule has 64 valence electrons. The summed E-state index contributed by atoms with van der Waals surface area (Å²) in [4.78, 5) is 0. The Morgan fingerprint density at radius 3 is 1.75 bits per heavy atom. The van der Waals surface area contributed by atoms with Gasteiger partial charge in [-0.1, -0.05) is 0 Å². The van der Waals surface area contributed by atoms with Crippen molar-refractivity contribution in [2.24, 2.45) is 0 Å².